The molecule has 1 saturated heterocycles. The molecule has 1 rings (SSSR count). The molecule has 5 atom stereocenters. The van der Waals surface area contributed by atoms with E-state index in [1.54, 1.807) is 10.8 Å². The predicted octanol–water partition coefficient (Wildman–Crippen LogP) is -1.61. The molecule has 1 aliphatic rings. The first kappa shape index (κ1) is 54.6. The molecule has 1 heterocycles. The van der Waals surface area contributed by atoms with Crippen molar-refractivity contribution in [1.29, 1.82) is 16.2 Å². The summed E-state index contributed by atoms with van der Waals surface area (Å²) in [7, 11) is 3.00. The minimum atomic E-state index is -1.12. The lowest BCUT2D eigenvalue weighted by Crippen LogP contribution is -2.63. The van der Waals surface area contributed by atoms with E-state index in [4.69, 9.17) is 38.5 Å². The number of carboxylic acid groups (broad SMARTS) is 1. The number of amides is 7. The average molecular weight is 920 g/mol. The number of thiol groups is 1. The van der Waals surface area contributed by atoms with E-state index in [9.17, 15) is 33.6 Å². The molecule has 1 fully saturated rings. The second-order valence-electron chi connectivity index (χ2n) is 15.0. The maximum Gasteiger partial charge on any atom is 0.320 e. The lowest BCUT2D eigenvalue weighted by molar-refractivity contribution is -0.147. The number of hydrogen-bond acceptors (Lipinski definition) is 16. The van der Waals surface area contributed by atoms with Crippen LogP contribution in [0.25, 0.3) is 0 Å². The fraction of sp³-hybridized carbons (Fsp3) is 0.714. The average Bonchev–Trinajstić information content (AvgIpc) is 3.18. The zero-order chi connectivity index (χ0) is 46.1. The lowest BCUT2D eigenvalue weighted by Gasteiger charge is -2.32. The number of nitrogens with one attached hydrogen (secondary N) is 11. The van der Waals surface area contributed by atoms with Gasteiger partial charge in [0.1, 0.15) is 18.1 Å². The number of nitrogens with two attached hydrogens (primary N) is 3. The smallest absolute Gasteiger partial charge is 0.320 e. The Morgan fingerprint density at radius 2 is 1.20 bits per heavy atom. The summed E-state index contributed by atoms with van der Waals surface area (Å²) in [6, 6.07) is -5.38. The molecule has 0 spiro atoms. The van der Waals surface area contributed by atoms with E-state index >= 15 is 0 Å². The molecule has 0 radical (unpaired) electrons. The number of aliphatic carboxylic acids is 1. The van der Waals surface area contributed by atoms with Gasteiger partial charge >= 0.3 is 12.0 Å². The van der Waals surface area contributed by atoms with E-state index in [-0.39, 0.29) is 86.0 Å². The summed E-state index contributed by atoms with van der Waals surface area (Å²) in [4.78, 5) is 87.8. The van der Waals surface area contributed by atoms with Gasteiger partial charge in [-0.15, -0.1) is 0 Å². The fourth-order valence-corrected chi connectivity index (χ4v) is 7.90. The normalized spacial score (nSPS) is 17.0. The SMILES string of the molecule is CC(C)(C)SSCC1NC(=O)N[C@@H](CS)C(=O)N(CCCCCC(=O)NC(=N)NCCCC(N)C(=O)NC(=N)NCCCC(N)C(=O)NC(=N)NCCCC(N)C(=O)O)C1=O. The van der Waals surface area contributed by atoms with E-state index in [2.05, 4.69) is 55.2 Å². The molecular formula is C35H65N15O8S3. The second-order valence-corrected chi connectivity index (χ2v) is 18.6. The first-order valence-corrected chi connectivity index (χ1v) is 22.8. The van der Waals surface area contributed by atoms with Crippen LogP contribution >= 0.6 is 34.2 Å². The zero-order valence-corrected chi connectivity index (χ0v) is 37.5. The third-order valence-corrected chi connectivity index (χ3v) is 12.2. The van der Waals surface area contributed by atoms with Gasteiger partial charge in [-0.25, -0.2) is 4.79 Å². The van der Waals surface area contributed by atoms with Crippen molar-refractivity contribution in [3.8, 4) is 0 Å². The minimum Gasteiger partial charge on any atom is -0.480 e. The molecule has 61 heavy (non-hydrogen) atoms. The van der Waals surface area contributed by atoms with Crippen LogP contribution in [0.2, 0.25) is 0 Å². The van der Waals surface area contributed by atoms with Crippen LogP contribution in [0, 0.1) is 16.2 Å². The Hall–Kier alpha value is -4.37. The Bertz CT molecular complexity index is 1540. The van der Waals surface area contributed by atoms with Crippen LogP contribution < -0.4 is 59.7 Å². The Labute approximate surface area is 369 Å². The van der Waals surface area contributed by atoms with Crippen molar-refractivity contribution in [3.05, 3.63) is 0 Å². The standard InChI is InChI=1S/C35H65N15O8S3/c1-35(2,3)61-60-19-24-29(55)50(28(54)23(18-59)45-34(58)46-24)17-6-4-5-13-25(51)47-31(39)42-14-7-10-20(36)26(52)48-32(40)43-15-8-11-21(37)27(53)49-33(41)44-16-9-12-22(38)30(56)57/h20-24,59H,4-19,36-38H2,1-3H3,(H,56,57)(H2,45,46,58)(H3,39,42,47,51)(H3,40,43,48,52)(H3,41,44,49,53)/t20?,21?,22?,23-,24?/m0/s1. The summed E-state index contributed by atoms with van der Waals surface area (Å²) < 4.78 is -0.0711. The van der Waals surface area contributed by atoms with E-state index < -0.39 is 71.7 Å². The second kappa shape index (κ2) is 29.0. The monoisotopic (exact) mass is 919 g/mol. The number of rotatable bonds is 25. The van der Waals surface area contributed by atoms with Crippen LogP contribution in [0.3, 0.4) is 0 Å². The minimum absolute atomic E-state index is 0.0141. The van der Waals surface area contributed by atoms with Gasteiger partial charge in [0, 0.05) is 48.9 Å². The quantitative estimate of drug-likeness (QED) is 0.0122. The van der Waals surface area contributed by atoms with Gasteiger partial charge in [0.15, 0.2) is 17.9 Å². The number of nitrogens with zero attached hydrogens (tertiary/aromatic N) is 1. The summed E-state index contributed by atoms with van der Waals surface area (Å²) in [5.74, 6) is -4.27. The van der Waals surface area contributed by atoms with Crippen LogP contribution in [0.15, 0.2) is 0 Å². The van der Waals surface area contributed by atoms with Gasteiger partial charge in [0.2, 0.25) is 17.7 Å². The molecule has 0 aromatic rings. The first-order chi connectivity index (χ1) is 28.6. The van der Waals surface area contributed by atoms with E-state index in [0.717, 1.165) is 4.90 Å². The summed E-state index contributed by atoms with van der Waals surface area (Å²) in [6.07, 6.45) is 3.21. The number of urea groups is 1. The zero-order valence-electron chi connectivity index (χ0n) is 34.9. The van der Waals surface area contributed by atoms with E-state index in [1.165, 1.54) is 10.8 Å². The molecule has 18 N–H and O–H groups in total. The van der Waals surface area contributed by atoms with Crippen molar-refractivity contribution >= 4 is 93.6 Å². The number of unbranched alkanes of at least 4 members (excludes halogenated alkanes) is 2. The highest BCUT2D eigenvalue weighted by molar-refractivity contribution is 8.77. The van der Waals surface area contributed by atoms with Crippen molar-refractivity contribution in [2.45, 2.75) is 120 Å². The predicted molar refractivity (Wildman–Crippen MR) is 239 cm³/mol. The number of carbonyl (C=O) groups excluding carboxylic acids is 6. The number of carbonyl (C=O) groups is 7. The molecule has 0 aliphatic carbocycles. The van der Waals surface area contributed by atoms with Crippen molar-refractivity contribution in [2.24, 2.45) is 17.2 Å². The van der Waals surface area contributed by atoms with Crippen molar-refractivity contribution in [3.63, 3.8) is 0 Å². The Morgan fingerprint density at radius 1 is 0.738 bits per heavy atom. The molecular weight excluding hydrogens is 855 g/mol. The summed E-state index contributed by atoms with van der Waals surface area (Å²) in [6.45, 7) is 6.87. The Kier molecular flexibility index (Phi) is 26.0. The van der Waals surface area contributed by atoms with Gasteiger partial charge in [-0.3, -0.25) is 65.8 Å². The molecule has 346 valence electrons. The van der Waals surface area contributed by atoms with Crippen LogP contribution in [0.4, 0.5) is 4.79 Å². The summed E-state index contributed by atoms with van der Waals surface area (Å²) >= 11 is 4.16. The summed E-state index contributed by atoms with van der Waals surface area (Å²) in [5.41, 5.74) is 17.2. The maximum atomic E-state index is 13.4. The number of carboxylic acids is 1. The largest absolute Gasteiger partial charge is 0.480 e. The Balaban J connectivity index is 2.28. The fourth-order valence-electron chi connectivity index (χ4n) is 5.19. The van der Waals surface area contributed by atoms with Gasteiger partial charge in [-0.2, -0.15) is 12.6 Å². The lowest BCUT2D eigenvalue weighted by atomic mass is 10.1. The van der Waals surface area contributed by atoms with Gasteiger partial charge in [0.25, 0.3) is 11.8 Å². The van der Waals surface area contributed by atoms with Gasteiger partial charge in [0.05, 0.1) is 12.1 Å². The molecule has 0 aromatic heterocycles. The van der Waals surface area contributed by atoms with Crippen LogP contribution in [-0.4, -0.2) is 142 Å². The van der Waals surface area contributed by atoms with Crippen molar-refractivity contribution < 1.29 is 38.7 Å². The van der Waals surface area contributed by atoms with Gasteiger partial charge in [-0.05, 0) is 51.4 Å². The number of guanidine groups is 3. The highest BCUT2D eigenvalue weighted by Gasteiger charge is 2.37. The number of imide groups is 1. The van der Waals surface area contributed by atoms with Gasteiger partial charge in [-0.1, -0.05) is 48.8 Å². The molecule has 0 saturated carbocycles. The summed E-state index contributed by atoms with van der Waals surface area (Å²) in [5, 5.41) is 52.9. The Morgan fingerprint density at radius 3 is 1.67 bits per heavy atom. The molecule has 1 aliphatic heterocycles. The molecule has 7 amide bonds. The van der Waals surface area contributed by atoms with E-state index in [1.807, 2.05) is 20.8 Å². The van der Waals surface area contributed by atoms with Crippen molar-refractivity contribution in [2.75, 3.05) is 37.7 Å². The topological polar surface area (TPSA) is 389 Å². The number of hydrogen-bond donors (Lipinski definition) is 16. The third kappa shape index (κ3) is 24.0. The molecule has 26 heteroatoms. The van der Waals surface area contributed by atoms with E-state index in [0.29, 0.717) is 38.5 Å². The third-order valence-electron chi connectivity index (χ3n) is 8.48. The molecule has 0 aromatic carbocycles. The highest BCUT2D eigenvalue weighted by Crippen LogP contribution is 2.35. The molecule has 4 unspecified atom stereocenters. The maximum absolute atomic E-state index is 13.4. The molecule has 23 nitrogen and oxygen atoms in total. The van der Waals surface area contributed by atoms with Gasteiger partial charge < -0.3 is 48.9 Å². The van der Waals surface area contributed by atoms with Crippen molar-refractivity contribution in [1.82, 2.24) is 47.4 Å². The molecule has 0 bridgehead atoms. The van der Waals surface area contributed by atoms with Crippen LogP contribution in [0.5, 0.6) is 0 Å². The van der Waals surface area contributed by atoms with Crippen LogP contribution in [0.1, 0.15) is 85.0 Å². The van der Waals surface area contributed by atoms with Crippen LogP contribution in [-0.2, 0) is 28.8 Å². The highest BCUT2D eigenvalue weighted by atomic mass is 33.1. The first-order valence-electron chi connectivity index (χ1n) is 19.9.